The van der Waals surface area contributed by atoms with E-state index in [-0.39, 0.29) is 12.3 Å². The zero-order valence-corrected chi connectivity index (χ0v) is 15.8. The van der Waals surface area contributed by atoms with Crippen LogP contribution in [-0.4, -0.2) is 30.2 Å². The number of rotatable bonds is 6. The molecule has 3 rings (SSSR count). The molecule has 0 saturated carbocycles. The number of carboxylic acid groups (broad SMARTS) is 1. The van der Waals surface area contributed by atoms with Crippen molar-refractivity contribution >= 4 is 23.5 Å². The van der Waals surface area contributed by atoms with Gasteiger partial charge in [0.25, 0.3) is 5.91 Å². The van der Waals surface area contributed by atoms with Gasteiger partial charge in [-0.25, -0.2) is 4.79 Å². The molecule has 2 atom stereocenters. The summed E-state index contributed by atoms with van der Waals surface area (Å²) in [5.41, 5.74) is 0.431. The van der Waals surface area contributed by atoms with Crippen molar-refractivity contribution in [2.24, 2.45) is 0 Å². The maximum Gasteiger partial charge on any atom is 0.334 e. The Morgan fingerprint density at radius 3 is 2.59 bits per heavy atom. The van der Waals surface area contributed by atoms with E-state index in [1.54, 1.807) is 37.3 Å². The number of carbonyl (C=O) groups excluding carboxylic acids is 1. The van der Waals surface area contributed by atoms with Crippen molar-refractivity contribution in [2.75, 3.05) is 13.2 Å². The first-order chi connectivity index (χ1) is 13.0. The van der Waals surface area contributed by atoms with Gasteiger partial charge in [0.15, 0.2) is 5.54 Å². The van der Waals surface area contributed by atoms with Crippen LogP contribution in [-0.2, 0) is 15.1 Å². The van der Waals surface area contributed by atoms with E-state index in [9.17, 15) is 14.7 Å². The maximum absolute atomic E-state index is 12.9. The summed E-state index contributed by atoms with van der Waals surface area (Å²) in [7, 11) is 0. The number of carbonyl (C=O) groups is 2. The molecule has 2 aromatic carbocycles. The molecular weight excluding hydrogens is 366 g/mol. The van der Waals surface area contributed by atoms with Crippen LogP contribution in [0.3, 0.4) is 0 Å². The standard InChI is InChI=1S/C21H22ClNO4/c1-2-21(20(25)26,17-6-8-18(22)9-7-17)23-19(24)15-5-3-4-14(12-15)16-10-11-27-13-16/h3-9,12,16H,2,10-11,13H2,1H3,(H,23,24)(H,25,26). The van der Waals surface area contributed by atoms with E-state index < -0.39 is 17.4 Å². The van der Waals surface area contributed by atoms with Crippen molar-refractivity contribution in [1.82, 2.24) is 5.32 Å². The lowest BCUT2D eigenvalue weighted by Crippen LogP contribution is -2.51. The molecule has 1 aliphatic rings. The number of hydrogen-bond acceptors (Lipinski definition) is 3. The van der Waals surface area contributed by atoms with Gasteiger partial charge in [0.2, 0.25) is 0 Å². The molecule has 0 radical (unpaired) electrons. The molecule has 2 N–H and O–H groups in total. The molecule has 142 valence electrons. The van der Waals surface area contributed by atoms with Crippen LogP contribution in [0.5, 0.6) is 0 Å². The fourth-order valence-corrected chi connectivity index (χ4v) is 3.55. The van der Waals surface area contributed by atoms with E-state index in [2.05, 4.69) is 5.32 Å². The Morgan fingerprint density at radius 2 is 2.00 bits per heavy atom. The lowest BCUT2D eigenvalue weighted by molar-refractivity contribution is -0.145. The van der Waals surface area contributed by atoms with Crippen LogP contribution < -0.4 is 5.32 Å². The number of benzene rings is 2. The zero-order valence-electron chi connectivity index (χ0n) is 15.1. The van der Waals surface area contributed by atoms with E-state index in [4.69, 9.17) is 16.3 Å². The molecule has 0 aromatic heterocycles. The Morgan fingerprint density at radius 1 is 1.26 bits per heavy atom. The number of ether oxygens (including phenoxy) is 1. The van der Waals surface area contributed by atoms with Gasteiger partial charge < -0.3 is 15.2 Å². The fourth-order valence-electron chi connectivity index (χ4n) is 3.42. The molecule has 0 bridgehead atoms. The second-order valence-electron chi connectivity index (χ2n) is 6.71. The largest absolute Gasteiger partial charge is 0.479 e. The summed E-state index contributed by atoms with van der Waals surface area (Å²) in [5.74, 6) is -1.26. The molecule has 1 fully saturated rings. The van der Waals surface area contributed by atoms with E-state index >= 15 is 0 Å². The quantitative estimate of drug-likeness (QED) is 0.786. The monoisotopic (exact) mass is 387 g/mol. The van der Waals surface area contributed by atoms with Gasteiger partial charge in [0, 0.05) is 23.1 Å². The molecule has 27 heavy (non-hydrogen) atoms. The lowest BCUT2D eigenvalue weighted by Gasteiger charge is -2.30. The van der Waals surface area contributed by atoms with E-state index in [0.717, 1.165) is 18.6 Å². The lowest BCUT2D eigenvalue weighted by atomic mass is 9.86. The first kappa shape index (κ1) is 19.4. The van der Waals surface area contributed by atoms with E-state index in [1.165, 1.54) is 0 Å². The average molecular weight is 388 g/mol. The van der Waals surface area contributed by atoms with E-state index in [0.29, 0.717) is 22.8 Å². The van der Waals surface area contributed by atoms with Crippen LogP contribution in [0.25, 0.3) is 0 Å². The smallest absolute Gasteiger partial charge is 0.334 e. The van der Waals surface area contributed by atoms with Crippen molar-refractivity contribution in [2.45, 2.75) is 31.2 Å². The summed E-state index contributed by atoms with van der Waals surface area (Å²) >= 11 is 5.92. The Kier molecular flexibility index (Phi) is 5.82. The summed E-state index contributed by atoms with van der Waals surface area (Å²) in [6, 6.07) is 13.8. The van der Waals surface area contributed by atoms with Crippen LogP contribution >= 0.6 is 11.6 Å². The van der Waals surface area contributed by atoms with Crippen molar-refractivity contribution in [3.8, 4) is 0 Å². The van der Waals surface area contributed by atoms with E-state index in [1.807, 2.05) is 18.2 Å². The summed E-state index contributed by atoms with van der Waals surface area (Å²) < 4.78 is 5.42. The molecule has 6 heteroatoms. The molecular formula is C21H22ClNO4. The normalized spacial score (nSPS) is 18.7. The summed E-state index contributed by atoms with van der Waals surface area (Å²) in [6.45, 7) is 3.09. The molecule has 2 unspecified atom stereocenters. The zero-order chi connectivity index (χ0) is 19.4. The maximum atomic E-state index is 12.9. The van der Waals surface area contributed by atoms with Crippen LogP contribution in [0.1, 0.15) is 47.2 Å². The van der Waals surface area contributed by atoms with Crippen LogP contribution in [0.4, 0.5) is 0 Å². The van der Waals surface area contributed by atoms with Crippen LogP contribution in [0.2, 0.25) is 5.02 Å². The molecule has 0 aliphatic carbocycles. The highest BCUT2D eigenvalue weighted by Gasteiger charge is 2.40. The minimum Gasteiger partial charge on any atom is -0.479 e. The van der Waals surface area contributed by atoms with Crippen molar-refractivity contribution in [1.29, 1.82) is 0 Å². The predicted molar refractivity (Wildman–Crippen MR) is 103 cm³/mol. The average Bonchev–Trinajstić information content (AvgIpc) is 3.21. The molecule has 1 saturated heterocycles. The highest BCUT2D eigenvalue weighted by molar-refractivity contribution is 6.30. The molecule has 0 spiro atoms. The summed E-state index contributed by atoms with van der Waals surface area (Å²) in [6.07, 6.45) is 1.12. The van der Waals surface area contributed by atoms with Gasteiger partial charge in [-0.3, -0.25) is 4.79 Å². The van der Waals surface area contributed by atoms with Crippen LogP contribution in [0, 0.1) is 0 Å². The number of aliphatic carboxylic acids is 1. The topological polar surface area (TPSA) is 75.6 Å². The number of carboxylic acids is 1. The van der Waals surface area contributed by atoms with Crippen molar-refractivity contribution in [3.63, 3.8) is 0 Å². The Bertz CT molecular complexity index is 830. The minimum absolute atomic E-state index is 0.200. The molecule has 1 heterocycles. The predicted octanol–water partition coefficient (Wildman–Crippen LogP) is 3.96. The first-order valence-electron chi connectivity index (χ1n) is 8.96. The van der Waals surface area contributed by atoms with Gasteiger partial charge in [-0.15, -0.1) is 0 Å². The Hall–Kier alpha value is -2.37. The van der Waals surface area contributed by atoms with Gasteiger partial charge in [-0.2, -0.15) is 0 Å². The molecule has 5 nitrogen and oxygen atoms in total. The Balaban J connectivity index is 1.90. The highest BCUT2D eigenvalue weighted by atomic mass is 35.5. The molecule has 1 aliphatic heterocycles. The van der Waals surface area contributed by atoms with Gasteiger partial charge in [0.1, 0.15) is 0 Å². The van der Waals surface area contributed by atoms with Gasteiger partial charge in [0.05, 0.1) is 6.61 Å². The third kappa shape index (κ3) is 3.99. The second-order valence-corrected chi connectivity index (χ2v) is 7.15. The number of nitrogens with one attached hydrogen (secondary N) is 1. The first-order valence-corrected chi connectivity index (χ1v) is 9.33. The molecule has 1 amide bonds. The van der Waals surface area contributed by atoms with Gasteiger partial charge >= 0.3 is 5.97 Å². The third-order valence-electron chi connectivity index (χ3n) is 5.11. The number of amides is 1. The number of hydrogen-bond donors (Lipinski definition) is 2. The highest BCUT2D eigenvalue weighted by Crippen LogP contribution is 2.29. The van der Waals surface area contributed by atoms with Crippen molar-refractivity contribution < 1.29 is 19.4 Å². The van der Waals surface area contributed by atoms with Gasteiger partial charge in [-0.05, 0) is 48.2 Å². The summed E-state index contributed by atoms with van der Waals surface area (Å²) in [4.78, 5) is 25.0. The van der Waals surface area contributed by atoms with Crippen LogP contribution in [0.15, 0.2) is 48.5 Å². The third-order valence-corrected chi connectivity index (χ3v) is 5.36. The SMILES string of the molecule is CCC(NC(=O)c1cccc(C2CCOC2)c1)(C(=O)O)c1ccc(Cl)cc1. The minimum atomic E-state index is -1.52. The summed E-state index contributed by atoms with van der Waals surface area (Å²) in [5, 5.41) is 13.1. The molecule has 2 aromatic rings. The van der Waals surface area contributed by atoms with Gasteiger partial charge in [-0.1, -0.05) is 42.8 Å². The number of halogens is 1. The Labute approximate surface area is 163 Å². The van der Waals surface area contributed by atoms with Crippen molar-refractivity contribution in [3.05, 3.63) is 70.2 Å². The fraction of sp³-hybridized carbons (Fsp3) is 0.333. The second kappa shape index (κ2) is 8.11.